The Labute approximate surface area is 196 Å². The van der Waals surface area contributed by atoms with E-state index in [9.17, 15) is 21.6 Å². The standard InChI is InChI=1S/C18H17ClF3N9O2S/c1-5-34(32,33)11-6-7-13(31-9-25-17(19)29-31)26-14(11)16-28-27-15(30(16)4)10(23-2)8-12(24-3)18(20,21)22/h6-9H,3,5H2,1-2,4H3/b12-8-,23-10?. The summed E-state index contributed by atoms with van der Waals surface area (Å²) in [4.78, 5) is 14.8. The number of halogens is 4. The highest BCUT2D eigenvalue weighted by atomic mass is 35.5. The van der Waals surface area contributed by atoms with Gasteiger partial charge in [0.05, 0.1) is 10.6 Å². The summed E-state index contributed by atoms with van der Waals surface area (Å²) < 4.78 is 67.3. The molecule has 0 radical (unpaired) electrons. The SMILES string of the molecule is C=N/C(=C\C(=NC)c1nnc(-c2nc(-n3cnc(Cl)n3)ccc2S(=O)(=O)CC)n1C)C(F)(F)F. The molecule has 0 N–H and O–H groups in total. The van der Waals surface area contributed by atoms with Crippen LogP contribution < -0.4 is 0 Å². The predicted molar refractivity (Wildman–Crippen MR) is 118 cm³/mol. The number of aliphatic imine (C=N–C) groups is 2. The first-order valence-electron chi connectivity index (χ1n) is 9.36. The molecule has 3 heterocycles. The van der Waals surface area contributed by atoms with Gasteiger partial charge in [-0.1, -0.05) is 6.92 Å². The van der Waals surface area contributed by atoms with Crippen LogP contribution in [0.1, 0.15) is 12.7 Å². The molecular weight excluding hydrogens is 499 g/mol. The van der Waals surface area contributed by atoms with Gasteiger partial charge < -0.3 is 4.57 Å². The Balaban J connectivity index is 2.22. The lowest BCUT2D eigenvalue weighted by Crippen LogP contribution is -2.15. The number of hydrogen-bond donors (Lipinski definition) is 0. The second-order valence-electron chi connectivity index (χ2n) is 6.58. The normalized spacial score (nSPS) is 13.4. The second kappa shape index (κ2) is 9.42. The maximum absolute atomic E-state index is 13.1. The van der Waals surface area contributed by atoms with Crippen molar-refractivity contribution >= 4 is 33.9 Å². The molecule has 3 aromatic heterocycles. The molecule has 0 saturated heterocycles. The third kappa shape index (κ3) is 4.89. The van der Waals surface area contributed by atoms with Gasteiger partial charge in [0.1, 0.15) is 23.4 Å². The van der Waals surface area contributed by atoms with Crippen LogP contribution in [0.5, 0.6) is 0 Å². The van der Waals surface area contributed by atoms with Crippen molar-refractivity contribution in [3.8, 4) is 17.3 Å². The summed E-state index contributed by atoms with van der Waals surface area (Å²) in [7, 11) is -1.08. The lowest BCUT2D eigenvalue weighted by molar-refractivity contribution is -0.0921. The van der Waals surface area contributed by atoms with Gasteiger partial charge in [0.15, 0.2) is 27.3 Å². The predicted octanol–water partition coefficient (Wildman–Crippen LogP) is 2.47. The smallest absolute Gasteiger partial charge is 0.307 e. The van der Waals surface area contributed by atoms with Gasteiger partial charge in [-0.05, 0) is 36.5 Å². The summed E-state index contributed by atoms with van der Waals surface area (Å²) in [6, 6.07) is 2.72. The van der Waals surface area contributed by atoms with Crippen molar-refractivity contribution in [2.45, 2.75) is 18.0 Å². The van der Waals surface area contributed by atoms with Crippen LogP contribution in [0, 0.1) is 0 Å². The van der Waals surface area contributed by atoms with Crippen molar-refractivity contribution in [3.05, 3.63) is 41.3 Å². The monoisotopic (exact) mass is 515 g/mol. The molecule has 34 heavy (non-hydrogen) atoms. The molecule has 16 heteroatoms. The fourth-order valence-corrected chi connectivity index (χ4v) is 3.96. The summed E-state index contributed by atoms with van der Waals surface area (Å²) >= 11 is 5.75. The van der Waals surface area contributed by atoms with Crippen molar-refractivity contribution in [2.24, 2.45) is 17.0 Å². The first-order chi connectivity index (χ1) is 15.9. The number of rotatable bonds is 7. The molecule has 3 rings (SSSR count). The Kier molecular flexibility index (Phi) is 6.97. The summed E-state index contributed by atoms with van der Waals surface area (Å²) in [5, 5.41) is 11.8. The van der Waals surface area contributed by atoms with Gasteiger partial charge in [-0.3, -0.25) is 9.98 Å². The van der Waals surface area contributed by atoms with Crippen LogP contribution in [0.15, 0.2) is 45.1 Å². The van der Waals surface area contributed by atoms with E-state index in [0.29, 0.717) is 6.08 Å². The van der Waals surface area contributed by atoms with Crippen molar-refractivity contribution in [3.63, 3.8) is 0 Å². The summed E-state index contributed by atoms with van der Waals surface area (Å²) in [5.41, 5.74) is -1.58. The van der Waals surface area contributed by atoms with Crippen LogP contribution in [-0.2, 0) is 16.9 Å². The number of aromatic nitrogens is 7. The first kappa shape index (κ1) is 25.2. The van der Waals surface area contributed by atoms with E-state index in [1.807, 2.05) is 0 Å². The highest BCUT2D eigenvalue weighted by Crippen LogP contribution is 2.29. The van der Waals surface area contributed by atoms with Gasteiger partial charge in [-0.2, -0.15) is 13.2 Å². The third-order valence-corrected chi connectivity index (χ3v) is 6.48. The van der Waals surface area contributed by atoms with E-state index in [-0.39, 0.29) is 44.8 Å². The molecule has 0 saturated carbocycles. The lowest BCUT2D eigenvalue weighted by atomic mass is 10.2. The zero-order chi connectivity index (χ0) is 25.3. The molecule has 180 valence electrons. The van der Waals surface area contributed by atoms with Crippen LogP contribution in [0.4, 0.5) is 13.2 Å². The minimum Gasteiger partial charge on any atom is -0.307 e. The summed E-state index contributed by atoms with van der Waals surface area (Å²) in [6.07, 6.45) is -2.83. The molecular formula is C18H17ClF3N9O2S. The van der Waals surface area contributed by atoms with Crippen LogP contribution in [0.3, 0.4) is 0 Å². The van der Waals surface area contributed by atoms with Crippen molar-refractivity contribution in [1.82, 2.24) is 34.5 Å². The average molecular weight is 516 g/mol. The molecule has 11 nitrogen and oxygen atoms in total. The quantitative estimate of drug-likeness (QED) is 0.441. The molecule has 0 aliphatic heterocycles. The minimum absolute atomic E-state index is 0.0373. The maximum Gasteiger partial charge on any atom is 0.433 e. The number of hydrogen-bond acceptors (Lipinski definition) is 9. The van der Waals surface area contributed by atoms with E-state index in [2.05, 4.69) is 42.0 Å². The van der Waals surface area contributed by atoms with E-state index >= 15 is 0 Å². The number of nitrogens with zero attached hydrogens (tertiary/aromatic N) is 9. The van der Waals surface area contributed by atoms with Crippen molar-refractivity contribution in [2.75, 3.05) is 12.8 Å². The molecule has 0 aliphatic rings. The Morgan fingerprint density at radius 1 is 1.29 bits per heavy atom. The van der Waals surface area contributed by atoms with Crippen molar-refractivity contribution in [1.29, 1.82) is 0 Å². The van der Waals surface area contributed by atoms with Gasteiger partial charge >= 0.3 is 6.18 Å². The van der Waals surface area contributed by atoms with E-state index < -0.39 is 21.7 Å². The summed E-state index contributed by atoms with van der Waals surface area (Å²) in [5.74, 6) is -0.178. The van der Waals surface area contributed by atoms with Gasteiger partial charge in [0.2, 0.25) is 5.28 Å². The van der Waals surface area contributed by atoms with Gasteiger partial charge in [0, 0.05) is 14.1 Å². The van der Waals surface area contributed by atoms with Crippen LogP contribution in [0.2, 0.25) is 5.28 Å². The molecule has 0 fully saturated rings. The van der Waals surface area contributed by atoms with Gasteiger partial charge in [-0.25, -0.2) is 23.1 Å². The fraction of sp³-hybridized carbons (Fsp3) is 0.278. The fourth-order valence-electron chi connectivity index (χ4n) is 2.82. The number of alkyl halides is 3. The lowest BCUT2D eigenvalue weighted by Gasteiger charge is -2.11. The van der Waals surface area contributed by atoms with E-state index in [4.69, 9.17) is 11.6 Å². The number of allylic oxidation sites excluding steroid dienone is 2. The molecule has 0 spiro atoms. The average Bonchev–Trinajstić information content (AvgIpc) is 3.39. The maximum atomic E-state index is 13.1. The zero-order valence-electron chi connectivity index (χ0n) is 18.0. The van der Waals surface area contributed by atoms with Crippen LogP contribution in [-0.4, -0.2) is 74.3 Å². The van der Waals surface area contributed by atoms with Crippen LogP contribution in [0.25, 0.3) is 17.3 Å². The Hall–Kier alpha value is -3.46. The largest absolute Gasteiger partial charge is 0.433 e. The Morgan fingerprint density at radius 3 is 2.53 bits per heavy atom. The van der Waals surface area contributed by atoms with Gasteiger partial charge in [0.25, 0.3) is 0 Å². The first-order valence-corrected chi connectivity index (χ1v) is 11.4. The van der Waals surface area contributed by atoms with E-state index in [1.54, 1.807) is 0 Å². The highest BCUT2D eigenvalue weighted by molar-refractivity contribution is 7.91. The molecule has 3 aromatic rings. The number of pyridine rings is 1. The summed E-state index contributed by atoms with van der Waals surface area (Å²) in [6.45, 7) is 4.39. The topological polar surface area (TPSA) is 133 Å². The molecule has 0 unspecified atom stereocenters. The number of sulfone groups is 1. The molecule has 0 bridgehead atoms. The molecule has 0 aromatic carbocycles. The minimum atomic E-state index is -4.77. The Morgan fingerprint density at radius 2 is 2.00 bits per heavy atom. The molecule has 0 atom stereocenters. The van der Waals surface area contributed by atoms with E-state index in [0.717, 1.165) is 0 Å². The second-order valence-corrected chi connectivity index (χ2v) is 9.16. The highest BCUT2D eigenvalue weighted by Gasteiger charge is 2.34. The van der Waals surface area contributed by atoms with Crippen LogP contribution >= 0.6 is 11.6 Å². The third-order valence-electron chi connectivity index (χ3n) is 4.55. The zero-order valence-corrected chi connectivity index (χ0v) is 19.6. The molecule has 0 aliphatic carbocycles. The molecule has 0 amide bonds. The van der Waals surface area contributed by atoms with Gasteiger partial charge in [-0.15, -0.1) is 15.3 Å². The Bertz CT molecular complexity index is 1410. The van der Waals surface area contributed by atoms with Crippen molar-refractivity contribution < 1.29 is 21.6 Å². The van der Waals surface area contributed by atoms with E-state index in [1.165, 1.54) is 48.7 Å².